The van der Waals surface area contributed by atoms with E-state index in [1.54, 1.807) is 4.52 Å². The number of benzene rings is 1. The van der Waals surface area contributed by atoms with Crippen molar-refractivity contribution in [3.05, 3.63) is 36.0 Å². The molecule has 0 aliphatic rings. The fourth-order valence-corrected chi connectivity index (χ4v) is 2.31. The van der Waals surface area contributed by atoms with E-state index in [-0.39, 0.29) is 5.82 Å². The lowest BCUT2D eigenvalue weighted by Crippen LogP contribution is -1.96. The molecular weight excluding hydrogens is 256 g/mol. The number of aromatic nitrogens is 5. The maximum atomic E-state index is 5.67. The highest BCUT2D eigenvalue weighted by Gasteiger charge is 2.18. The van der Waals surface area contributed by atoms with Crippen LogP contribution in [0.15, 0.2) is 34.9 Å². The zero-order valence-electron chi connectivity index (χ0n) is 10.6. The molecule has 98 valence electrons. The van der Waals surface area contributed by atoms with Gasteiger partial charge in [0.15, 0.2) is 17.0 Å². The lowest BCUT2D eigenvalue weighted by atomic mass is 10.1. The number of aryl methyl sites for hydroxylation is 1. The Bertz CT molecular complexity index is 924. The van der Waals surface area contributed by atoms with Crippen LogP contribution in [0.3, 0.4) is 0 Å². The van der Waals surface area contributed by atoms with Crippen LogP contribution < -0.4 is 5.73 Å². The molecule has 0 saturated carbocycles. The minimum Gasteiger partial charge on any atom is -0.379 e. The largest absolute Gasteiger partial charge is 0.379 e. The van der Waals surface area contributed by atoms with E-state index in [9.17, 15) is 0 Å². The Hall–Kier alpha value is -2.96. The van der Waals surface area contributed by atoms with Crippen LogP contribution in [-0.4, -0.2) is 25.0 Å². The van der Waals surface area contributed by atoms with E-state index in [2.05, 4.69) is 20.5 Å². The molecule has 0 atom stereocenters. The number of rotatable bonds is 1. The summed E-state index contributed by atoms with van der Waals surface area (Å²) in [6.45, 7) is 1.92. The molecule has 1 aromatic carbocycles. The van der Waals surface area contributed by atoms with Crippen molar-refractivity contribution in [2.75, 3.05) is 5.73 Å². The maximum Gasteiger partial charge on any atom is 0.283 e. The second-order valence-corrected chi connectivity index (χ2v) is 4.48. The van der Waals surface area contributed by atoms with Crippen LogP contribution in [0.5, 0.6) is 0 Å². The highest BCUT2D eigenvalue weighted by molar-refractivity contribution is 5.86. The number of nitrogens with zero attached hydrogens (tertiary/aromatic N) is 5. The monoisotopic (exact) mass is 266 g/mol. The SMILES string of the molecule is Cc1nn2c(nnc3c(N)noc32)c1-c1ccccc1. The van der Waals surface area contributed by atoms with E-state index in [0.29, 0.717) is 16.9 Å². The first-order chi connectivity index (χ1) is 9.75. The van der Waals surface area contributed by atoms with Crippen molar-refractivity contribution in [2.45, 2.75) is 6.92 Å². The Labute approximate surface area is 113 Å². The van der Waals surface area contributed by atoms with Gasteiger partial charge in [0.1, 0.15) is 0 Å². The van der Waals surface area contributed by atoms with Gasteiger partial charge in [0, 0.05) is 0 Å². The summed E-state index contributed by atoms with van der Waals surface area (Å²) in [5.74, 6) is 0.212. The summed E-state index contributed by atoms with van der Waals surface area (Å²) in [7, 11) is 0. The summed E-state index contributed by atoms with van der Waals surface area (Å²) in [6, 6.07) is 9.91. The molecule has 0 aliphatic carbocycles. The van der Waals surface area contributed by atoms with E-state index < -0.39 is 0 Å². The number of nitrogen functional groups attached to an aromatic ring is 1. The molecule has 0 radical (unpaired) electrons. The molecule has 7 nitrogen and oxygen atoms in total. The number of nitrogens with two attached hydrogens (primary N) is 1. The predicted molar refractivity (Wildman–Crippen MR) is 72.9 cm³/mol. The minimum atomic E-state index is 0.212. The van der Waals surface area contributed by atoms with Gasteiger partial charge in [0.2, 0.25) is 0 Å². The quantitative estimate of drug-likeness (QED) is 0.564. The van der Waals surface area contributed by atoms with E-state index in [4.69, 9.17) is 10.3 Å². The van der Waals surface area contributed by atoms with Gasteiger partial charge < -0.3 is 10.3 Å². The van der Waals surface area contributed by atoms with Crippen molar-refractivity contribution >= 4 is 22.7 Å². The molecule has 4 rings (SSSR count). The van der Waals surface area contributed by atoms with Crippen LogP contribution >= 0.6 is 0 Å². The Kier molecular flexibility index (Phi) is 2.06. The van der Waals surface area contributed by atoms with Crippen LogP contribution in [-0.2, 0) is 0 Å². The van der Waals surface area contributed by atoms with Crippen LogP contribution in [0.2, 0.25) is 0 Å². The summed E-state index contributed by atoms with van der Waals surface area (Å²) < 4.78 is 6.78. The molecule has 3 heterocycles. The first-order valence-electron chi connectivity index (χ1n) is 6.08. The molecular formula is C13H10N6O. The van der Waals surface area contributed by atoms with E-state index in [1.165, 1.54) is 0 Å². The normalized spacial score (nSPS) is 11.4. The van der Waals surface area contributed by atoms with Crippen LogP contribution in [0.1, 0.15) is 5.69 Å². The molecule has 3 aromatic heterocycles. The number of hydrogen-bond donors (Lipinski definition) is 1. The average molecular weight is 266 g/mol. The Morgan fingerprint density at radius 2 is 1.95 bits per heavy atom. The molecule has 7 heteroatoms. The van der Waals surface area contributed by atoms with Crippen molar-refractivity contribution in [1.82, 2.24) is 25.0 Å². The standard InChI is InChI=1S/C13H10N6O/c1-7-9(8-5-3-2-4-6-8)12-16-15-10-11(14)18-20-13(10)19(12)17-7/h2-6H,1H3,(H2,14,18). The van der Waals surface area contributed by atoms with Crippen molar-refractivity contribution in [2.24, 2.45) is 0 Å². The van der Waals surface area contributed by atoms with Crippen molar-refractivity contribution in [1.29, 1.82) is 0 Å². The molecule has 0 saturated heterocycles. The van der Waals surface area contributed by atoms with Crippen LogP contribution in [0.25, 0.3) is 28.0 Å². The molecule has 0 amide bonds. The van der Waals surface area contributed by atoms with Gasteiger partial charge in [-0.15, -0.1) is 10.2 Å². The minimum absolute atomic E-state index is 0.212. The number of anilines is 1. The van der Waals surface area contributed by atoms with Gasteiger partial charge in [-0.3, -0.25) is 0 Å². The van der Waals surface area contributed by atoms with Gasteiger partial charge in [-0.2, -0.15) is 9.61 Å². The second kappa shape index (κ2) is 3.77. The fraction of sp³-hybridized carbons (Fsp3) is 0.0769. The Balaban J connectivity index is 2.13. The third-order valence-corrected chi connectivity index (χ3v) is 3.21. The molecule has 0 spiro atoms. The van der Waals surface area contributed by atoms with Gasteiger partial charge in [0.25, 0.3) is 5.71 Å². The zero-order chi connectivity index (χ0) is 13.7. The van der Waals surface area contributed by atoms with Crippen molar-refractivity contribution in [3.8, 4) is 11.1 Å². The van der Waals surface area contributed by atoms with E-state index in [1.807, 2.05) is 37.3 Å². The lowest BCUT2D eigenvalue weighted by Gasteiger charge is -1.98. The van der Waals surface area contributed by atoms with Crippen LogP contribution in [0, 0.1) is 6.92 Å². The molecule has 0 bridgehead atoms. The smallest absolute Gasteiger partial charge is 0.283 e. The Morgan fingerprint density at radius 3 is 2.75 bits per heavy atom. The van der Waals surface area contributed by atoms with Crippen molar-refractivity contribution in [3.63, 3.8) is 0 Å². The summed E-state index contributed by atoms with van der Waals surface area (Å²) >= 11 is 0. The number of hydrogen-bond acceptors (Lipinski definition) is 6. The second-order valence-electron chi connectivity index (χ2n) is 4.48. The maximum absolute atomic E-state index is 5.67. The summed E-state index contributed by atoms with van der Waals surface area (Å²) in [5, 5.41) is 16.4. The molecule has 2 N–H and O–H groups in total. The third kappa shape index (κ3) is 1.34. The fourth-order valence-electron chi connectivity index (χ4n) is 2.31. The van der Waals surface area contributed by atoms with Gasteiger partial charge in [-0.25, -0.2) is 0 Å². The summed E-state index contributed by atoms with van der Waals surface area (Å²) in [4.78, 5) is 0. The first kappa shape index (κ1) is 10.9. The van der Waals surface area contributed by atoms with Gasteiger partial charge in [-0.05, 0) is 12.5 Å². The summed E-state index contributed by atoms with van der Waals surface area (Å²) in [6.07, 6.45) is 0. The summed E-state index contributed by atoms with van der Waals surface area (Å²) in [5.41, 5.74) is 9.91. The zero-order valence-corrected chi connectivity index (χ0v) is 10.6. The van der Waals surface area contributed by atoms with Gasteiger partial charge in [0.05, 0.1) is 11.3 Å². The lowest BCUT2D eigenvalue weighted by molar-refractivity contribution is 0.445. The number of fused-ring (bicyclic) bond motifs is 3. The van der Waals surface area contributed by atoms with Gasteiger partial charge in [-0.1, -0.05) is 35.5 Å². The molecule has 0 unspecified atom stereocenters. The highest BCUT2D eigenvalue weighted by atomic mass is 16.5. The molecule has 0 aliphatic heterocycles. The Morgan fingerprint density at radius 1 is 1.15 bits per heavy atom. The van der Waals surface area contributed by atoms with Crippen molar-refractivity contribution < 1.29 is 4.52 Å². The molecule has 4 aromatic rings. The topological polar surface area (TPSA) is 95.1 Å². The van der Waals surface area contributed by atoms with Crippen LogP contribution in [0.4, 0.5) is 5.82 Å². The third-order valence-electron chi connectivity index (χ3n) is 3.21. The van der Waals surface area contributed by atoms with E-state index in [0.717, 1.165) is 16.8 Å². The van der Waals surface area contributed by atoms with E-state index >= 15 is 0 Å². The van der Waals surface area contributed by atoms with Gasteiger partial charge >= 0.3 is 0 Å². The highest BCUT2D eigenvalue weighted by Crippen LogP contribution is 2.28. The predicted octanol–water partition coefficient (Wildman–Crippen LogP) is 1.82. The average Bonchev–Trinajstić information content (AvgIpc) is 3.00. The molecule has 20 heavy (non-hydrogen) atoms. The first-order valence-corrected chi connectivity index (χ1v) is 6.08. The molecule has 0 fully saturated rings.